The number of carbonyl (C=O) groups excluding carboxylic acids is 1. The highest BCUT2D eigenvalue weighted by molar-refractivity contribution is 5.93. The van der Waals surface area contributed by atoms with Crippen LogP contribution in [-0.4, -0.2) is 33.2 Å². The van der Waals surface area contributed by atoms with Crippen molar-refractivity contribution in [1.29, 1.82) is 5.26 Å². The molecule has 0 radical (unpaired) electrons. The van der Waals surface area contributed by atoms with Crippen molar-refractivity contribution in [3.05, 3.63) is 29.8 Å². The lowest BCUT2D eigenvalue weighted by atomic mass is 10.3. The van der Waals surface area contributed by atoms with Gasteiger partial charge in [0.15, 0.2) is 23.0 Å². The Morgan fingerprint density at radius 3 is 2.70 bits per heavy atom. The van der Waals surface area contributed by atoms with Crippen molar-refractivity contribution < 1.29 is 9.53 Å². The van der Waals surface area contributed by atoms with Gasteiger partial charge >= 0.3 is 0 Å². The summed E-state index contributed by atoms with van der Waals surface area (Å²) < 4.78 is 5.00. The molecular weight excluding hydrogens is 262 g/mol. The molecule has 0 unspecified atom stereocenters. The number of carbonyl (C=O) groups is 1. The number of amides is 1. The second-order valence-electron chi connectivity index (χ2n) is 3.53. The third-order valence-corrected chi connectivity index (χ3v) is 2.23. The van der Waals surface area contributed by atoms with Crippen LogP contribution in [0.15, 0.2) is 18.5 Å². The van der Waals surface area contributed by atoms with Gasteiger partial charge in [0.1, 0.15) is 11.9 Å². The van der Waals surface area contributed by atoms with Gasteiger partial charge in [-0.1, -0.05) is 0 Å². The van der Waals surface area contributed by atoms with Crippen molar-refractivity contribution in [2.75, 3.05) is 12.4 Å². The Labute approximate surface area is 113 Å². The highest BCUT2D eigenvalue weighted by Crippen LogP contribution is 2.20. The molecule has 2 aromatic rings. The molecule has 20 heavy (non-hydrogen) atoms. The van der Waals surface area contributed by atoms with Gasteiger partial charge in [-0.25, -0.2) is 9.97 Å². The Kier molecular flexibility index (Phi) is 3.67. The van der Waals surface area contributed by atoms with Crippen molar-refractivity contribution in [3.8, 4) is 11.8 Å². The van der Waals surface area contributed by atoms with E-state index in [0.29, 0.717) is 11.6 Å². The molecule has 2 aromatic heterocycles. The van der Waals surface area contributed by atoms with Gasteiger partial charge in [-0.3, -0.25) is 4.79 Å². The zero-order valence-corrected chi connectivity index (χ0v) is 10.4. The summed E-state index contributed by atoms with van der Waals surface area (Å²) in [7, 11) is 1.38. The predicted molar refractivity (Wildman–Crippen MR) is 67.1 cm³/mol. The highest BCUT2D eigenvalue weighted by Gasteiger charge is 2.13. The molecule has 0 aliphatic rings. The number of anilines is 2. The highest BCUT2D eigenvalue weighted by atomic mass is 16.5. The molecule has 2 rings (SSSR count). The molecule has 0 aliphatic carbocycles. The fraction of sp³-hybridized carbons (Fsp3) is 0.0909. The quantitative estimate of drug-likeness (QED) is 0.791. The van der Waals surface area contributed by atoms with Crippen molar-refractivity contribution in [2.24, 2.45) is 5.73 Å². The summed E-state index contributed by atoms with van der Waals surface area (Å²) in [5, 5.41) is 18.9. The maximum atomic E-state index is 11.1. The molecule has 0 spiro atoms. The van der Waals surface area contributed by atoms with Gasteiger partial charge < -0.3 is 15.8 Å². The zero-order valence-electron chi connectivity index (χ0n) is 10.4. The number of primary amides is 1. The Morgan fingerprint density at radius 1 is 1.35 bits per heavy atom. The summed E-state index contributed by atoms with van der Waals surface area (Å²) in [4.78, 5) is 18.9. The Hall–Kier alpha value is -3.28. The minimum Gasteiger partial charge on any atom is -0.494 e. The lowest BCUT2D eigenvalue weighted by Gasteiger charge is -2.07. The van der Waals surface area contributed by atoms with Gasteiger partial charge in [0.2, 0.25) is 0 Å². The number of nitrogens with two attached hydrogens (primary N) is 1. The summed E-state index contributed by atoms with van der Waals surface area (Å²) >= 11 is 0. The summed E-state index contributed by atoms with van der Waals surface area (Å²) in [6.45, 7) is 0. The minimum atomic E-state index is -0.737. The van der Waals surface area contributed by atoms with E-state index in [9.17, 15) is 4.79 Å². The fourth-order valence-electron chi connectivity index (χ4n) is 1.34. The van der Waals surface area contributed by atoms with E-state index in [1.807, 2.05) is 6.07 Å². The number of ether oxygens (including phenoxy) is 1. The van der Waals surface area contributed by atoms with Crippen LogP contribution in [0.25, 0.3) is 0 Å². The molecular formula is C11H9N7O2. The van der Waals surface area contributed by atoms with Crippen molar-refractivity contribution in [1.82, 2.24) is 20.2 Å². The summed E-state index contributed by atoms with van der Waals surface area (Å²) in [5.74, 6) is 0.119. The topological polar surface area (TPSA) is 140 Å². The summed E-state index contributed by atoms with van der Waals surface area (Å²) in [6, 6.07) is 3.31. The first-order valence-corrected chi connectivity index (χ1v) is 5.34. The van der Waals surface area contributed by atoms with Crippen LogP contribution < -0.4 is 15.8 Å². The van der Waals surface area contributed by atoms with Gasteiger partial charge in [0.05, 0.1) is 19.5 Å². The van der Waals surface area contributed by atoms with Gasteiger partial charge in [0.25, 0.3) is 5.91 Å². The van der Waals surface area contributed by atoms with Crippen molar-refractivity contribution in [3.63, 3.8) is 0 Å². The van der Waals surface area contributed by atoms with Crippen LogP contribution in [0.4, 0.5) is 11.6 Å². The SMILES string of the molecule is COc1cc(Nc2cnc(C#N)cn2)nnc1C(N)=O. The average molecular weight is 271 g/mol. The second-order valence-corrected chi connectivity index (χ2v) is 3.53. The van der Waals surface area contributed by atoms with Gasteiger partial charge in [-0.15, -0.1) is 10.2 Å². The van der Waals surface area contributed by atoms with E-state index in [2.05, 4.69) is 25.5 Å². The van der Waals surface area contributed by atoms with E-state index in [1.165, 1.54) is 25.6 Å². The molecule has 0 bridgehead atoms. The van der Waals surface area contributed by atoms with Gasteiger partial charge in [-0.2, -0.15) is 5.26 Å². The number of rotatable bonds is 4. The van der Waals surface area contributed by atoms with Gasteiger partial charge in [-0.05, 0) is 0 Å². The second kappa shape index (κ2) is 5.57. The number of nitrogens with zero attached hydrogens (tertiary/aromatic N) is 5. The number of aromatic nitrogens is 4. The lowest BCUT2D eigenvalue weighted by Crippen LogP contribution is -2.16. The van der Waals surface area contributed by atoms with E-state index >= 15 is 0 Å². The summed E-state index contributed by atoms with van der Waals surface area (Å²) in [5.41, 5.74) is 5.26. The van der Waals surface area contributed by atoms with E-state index in [-0.39, 0.29) is 17.1 Å². The largest absolute Gasteiger partial charge is 0.494 e. The smallest absolute Gasteiger partial charge is 0.273 e. The lowest BCUT2D eigenvalue weighted by molar-refractivity contribution is 0.0991. The number of hydrogen-bond donors (Lipinski definition) is 2. The van der Waals surface area contributed by atoms with Gasteiger partial charge in [0, 0.05) is 6.07 Å². The maximum absolute atomic E-state index is 11.1. The predicted octanol–water partition coefficient (Wildman–Crippen LogP) is -0.0106. The molecule has 1 amide bonds. The Balaban J connectivity index is 2.25. The number of hydrogen-bond acceptors (Lipinski definition) is 8. The molecule has 3 N–H and O–H groups in total. The first-order chi connectivity index (χ1) is 9.63. The van der Waals surface area contributed by atoms with Crippen LogP contribution >= 0.6 is 0 Å². The molecule has 0 fully saturated rings. The molecule has 0 aliphatic heterocycles. The van der Waals surface area contributed by atoms with Crippen LogP contribution in [0.2, 0.25) is 0 Å². The number of nitrogens with one attached hydrogen (secondary N) is 1. The normalized spacial score (nSPS) is 9.60. The molecule has 9 nitrogen and oxygen atoms in total. The minimum absolute atomic E-state index is 0.0658. The fourth-order valence-corrected chi connectivity index (χ4v) is 1.34. The molecule has 0 saturated carbocycles. The standard InChI is InChI=1S/C11H9N7O2/c1-20-7-2-8(17-18-10(7)11(13)19)16-9-5-14-6(3-12)4-15-9/h2,4-5H,1H3,(H2,13,19)(H,15,16,17). The summed E-state index contributed by atoms with van der Waals surface area (Å²) in [6.07, 6.45) is 2.68. The first-order valence-electron chi connectivity index (χ1n) is 5.34. The first kappa shape index (κ1) is 13.2. The molecule has 2 heterocycles. The molecule has 100 valence electrons. The molecule has 0 aromatic carbocycles. The number of nitriles is 1. The van der Waals surface area contributed by atoms with Crippen LogP contribution in [0.3, 0.4) is 0 Å². The Bertz CT molecular complexity index is 678. The Morgan fingerprint density at radius 2 is 2.15 bits per heavy atom. The average Bonchev–Trinajstić information content (AvgIpc) is 2.47. The number of methoxy groups -OCH3 is 1. The van der Waals surface area contributed by atoms with Crippen LogP contribution in [0, 0.1) is 11.3 Å². The van der Waals surface area contributed by atoms with Crippen LogP contribution in [-0.2, 0) is 0 Å². The maximum Gasteiger partial charge on any atom is 0.273 e. The molecule has 9 heteroatoms. The zero-order chi connectivity index (χ0) is 14.5. The monoisotopic (exact) mass is 271 g/mol. The molecule has 0 saturated heterocycles. The van der Waals surface area contributed by atoms with E-state index in [1.54, 1.807) is 0 Å². The van der Waals surface area contributed by atoms with E-state index < -0.39 is 5.91 Å². The van der Waals surface area contributed by atoms with E-state index in [4.69, 9.17) is 15.7 Å². The van der Waals surface area contributed by atoms with Crippen molar-refractivity contribution in [2.45, 2.75) is 0 Å². The van der Waals surface area contributed by atoms with Crippen LogP contribution in [0.5, 0.6) is 5.75 Å². The molecule has 0 atom stereocenters. The van der Waals surface area contributed by atoms with Crippen molar-refractivity contribution >= 4 is 17.5 Å². The third-order valence-electron chi connectivity index (χ3n) is 2.23. The van der Waals surface area contributed by atoms with Crippen LogP contribution in [0.1, 0.15) is 16.2 Å². The van der Waals surface area contributed by atoms with E-state index in [0.717, 1.165) is 0 Å². The third kappa shape index (κ3) is 2.75.